The summed E-state index contributed by atoms with van der Waals surface area (Å²) in [6.45, 7) is 4.08. The molecule has 0 aliphatic heterocycles. The summed E-state index contributed by atoms with van der Waals surface area (Å²) in [6, 6.07) is 8.26. The predicted octanol–water partition coefficient (Wildman–Crippen LogP) is 4.43. The van der Waals surface area contributed by atoms with Crippen molar-refractivity contribution in [2.45, 2.75) is 32.6 Å². The number of rotatable bonds is 6. The molecule has 1 atom stereocenters. The van der Waals surface area contributed by atoms with Gasteiger partial charge in [-0.2, -0.15) is 5.10 Å². The van der Waals surface area contributed by atoms with Crippen LogP contribution in [0, 0.1) is 5.82 Å². The van der Waals surface area contributed by atoms with E-state index in [0.29, 0.717) is 10.8 Å². The molecule has 3 rings (SSSR count). The highest BCUT2D eigenvalue weighted by atomic mass is 35.5. The van der Waals surface area contributed by atoms with Crippen LogP contribution in [-0.4, -0.2) is 27.2 Å². The first-order valence-electron chi connectivity index (χ1n) is 8.45. The van der Waals surface area contributed by atoms with Crippen LogP contribution in [0.25, 0.3) is 5.65 Å². The van der Waals surface area contributed by atoms with E-state index < -0.39 is 5.97 Å². The topological polar surface area (TPSA) is 56.5 Å². The fraction of sp³-hybridized carbons (Fsp3) is 0.316. The molecule has 0 aliphatic rings. The fourth-order valence-corrected chi connectivity index (χ4v) is 3.02. The van der Waals surface area contributed by atoms with E-state index in [4.69, 9.17) is 16.3 Å². The second kappa shape index (κ2) is 7.83. The van der Waals surface area contributed by atoms with Crippen molar-refractivity contribution in [3.63, 3.8) is 0 Å². The van der Waals surface area contributed by atoms with Gasteiger partial charge in [-0.05, 0) is 49.4 Å². The minimum absolute atomic E-state index is 0.125. The molecule has 7 heteroatoms. The van der Waals surface area contributed by atoms with Gasteiger partial charge in [0.15, 0.2) is 11.3 Å². The fourth-order valence-electron chi connectivity index (χ4n) is 2.82. The quantitative estimate of drug-likeness (QED) is 0.598. The Hall–Kier alpha value is -2.47. The van der Waals surface area contributed by atoms with Gasteiger partial charge in [-0.3, -0.25) is 0 Å². The van der Waals surface area contributed by atoms with Crippen LogP contribution >= 0.6 is 11.6 Å². The van der Waals surface area contributed by atoms with E-state index in [2.05, 4.69) is 17.0 Å². The Balaban J connectivity index is 1.85. The van der Waals surface area contributed by atoms with Crippen molar-refractivity contribution in [2.75, 3.05) is 6.61 Å². The van der Waals surface area contributed by atoms with E-state index in [9.17, 15) is 9.18 Å². The number of carbonyl (C=O) groups excluding carboxylic acids is 1. The third-order valence-electron chi connectivity index (χ3n) is 4.22. The van der Waals surface area contributed by atoms with Crippen LogP contribution in [-0.2, 0) is 11.2 Å². The van der Waals surface area contributed by atoms with Gasteiger partial charge < -0.3 is 4.74 Å². The molecule has 2 aromatic heterocycles. The van der Waals surface area contributed by atoms with Gasteiger partial charge in [0.2, 0.25) is 0 Å². The van der Waals surface area contributed by atoms with Crippen LogP contribution in [0.4, 0.5) is 4.39 Å². The molecule has 0 bridgehead atoms. The number of halogens is 2. The Kier molecular flexibility index (Phi) is 5.52. The van der Waals surface area contributed by atoms with Crippen LogP contribution in [0.1, 0.15) is 47.8 Å². The maximum atomic E-state index is 13.0. The molecule has 0 amide bonds. The third kappa shape index (κ3) is 4.02. The van der Waals surface area contributed by atoms with Crippen molar-refractivity contribution >= 4 is 23.2 Å². The van der Waals surface area contributed by atoms with Gasteiger partial charge in [0.05, 0.1) is 12.8 Å². The van der Waals surface area contributed by atoms with Gasteiger partial charge in [-0.1, -0.05) is 30.7 Å². The summed E-state index contributed by atoms with van der Waals surface area (Å²) in [7, 11) is 0. The SMILES string of the molecule is CCOC(=O)c1cn2nc(Cl)cc([C@H](C)CCc3ccc(F)cc3)c2n1. The molecule has 0 fully saturated rings. The maximum absolute atomic E-state index is 13.0. The molecule has 0 saturated heterocycles. The highest BCUT2D eigenvalue weighted by molar-refractivity contribution is 6.29. The van der Waals surface area contributed by atoms with Crippen LogP contribution < -0.4 is 0 Å². The second-order valence-electron chi connectivity index (χ2n) is 6.10. The normalized spacial score (nSPS) is 12.3. The van der Waals surface area contributed by atoms with E-state index in [1.807, 2.05) is 0 Å². The van der Waals surface area contributed by atoms with Gasteiger partial charge in [0, 0.05) is 5.56 Å². The number of hydrogen-bond acceptors (Lipinski definition) is 4. The zero-order valence-electron chi connectivity index (χ0n) is 14.6. The van der Waals surface area contributed by atoms with Crippen molar-refractivity contribution < 1.29 is 13.9 Å². The first-order valence-corrected chi connectivity index (χ1v) is 8.83. The maximum Gasteiger partial charge on any atom is 0.358 e. The van der Waals surface area contributed by atoms with Gasteiger partial charge >= 0.3 is 5.97 Å². The Morgan fingerprint density at radius 3 is 2.77 bits per heavy atom. The number of benzene rings is 1. The number of esters is 1. The summed E-state index contributed by atoms with van der Waals surface area (Å²) in [5.74, 6) is -0.604. The van der Waals surface area contributed by atoms with Crippen molar-refractivity contribution in [1.82, 2.24) is 14.6 Å². The molecule has 0 radical (unpaired) electrons. The minimum atomic E-state index is -0.487. The standard InChI is InChI=1S/C19H19ClFN3O2/c1-3-26-19(25)16-11-24-18(22-16)15(10-17(20)23-24)12(2)4-5-13-6-8-14(21)9-7-13/h6-12H,3-5H2,1-2H3/t12-/m1/s1. The molecule has 0 unspecified atom stereocenters. The molecular formula is C19H19ClFN3O2. The van der Waals surface area contributed by atoms with E-state index in [1.165, 1.54) is 22.8 Å². The molecule has 26 heavy (non-hydrogen) atoms. The zero-order chi connectivity index (χ0) is 18.7. The third-order valence-corrected chi connectivity index (χ3v) is 4.40. The van der Waals surface area contributed by atoms with Crippen molar-refractivity contribution in [2.24, 2.45) is 0 Å². The molecule has 2 heterocycles. The molecule has 136 valence electrons. The average Bonchev–Trinajstić information content (AvgIpc) is 3.04. The van der Waals surface area contributed by atoms with Crippen LogP contribution in [0.3, 0.4) is 0 Å². The predicted molar refractivity (Wildman–Crippen MR) is 97.1 cm³/mol. The second-order valence-corrected chi connectivity index (χ2v) is 6.49. The summed E-state index contributed by atoms with van der Waals surface area (Å²) in [4.78, 5) is 16.3. The molecular weight excluding hydrogens is 357 g/mol. The van der Waals surface area contributed by atoms with E-state index in [-0.39, 0.29) is 24.0 Å². The van der Waals surface area contributed by atoms with E-state index in [1.54, 1.807) is 25.1 Å². The van der Waals surface area contributed by atoms with Gasteiger partial charge in [0.25, 0.3) is 0 Å². The Morgan fingerprint density at radius 1 is 1.35 bits per heavy atom. The van der Waals surface area contributed by atoms with Crippen molar-refractivity contribution in [1.29, 1.82) is 0 Å². The number of ether oxygens (including phenoxy) is 1. The minimum Gasteiger partial charge on any atom is -0.461 e. The lowest BCUT2D eigenvalue weighted by molar-refractivity contribution is 0.0520. The highest BCUT2D eigenvalue weighted by Crippen LogP contribution is 2.27. The van der Waals surface area contributed by atoms with E-state index in [0.717, 1.165) is 24.0 Å². The molecule has 5 nitrogen and oxygen atoms in total. The lowest BCUT2D eigenvalue weighted by Crippen LogP contribution is -2.04. The largest absolute Gasteiger partial charge is 0.461 e. The summed E-state index contributed by atoms with van der Waals surface area (Å²) >= 11 is 6.13. The van der Waals surface area contributed by atoms with Crippen LogP contribution in [0.2, 0.25) is 5.15 Å². The van der Waals surface area contributed by atoms with Crippen molar-refractivity contribution in [3.8, 4) is 0 Å². The monoisotopic (exact) mass is 375 g/mol. The lowest BCUT2D eigenvalue weighted by atomic mass is 9.95. The molecule has 0 saturated carbocycles. The van der Waals surface area contributed by atoms with Crippen LogP contribution in [0.5, 0.6) is 0 Å². The first-order chi connectivity index (χ1) is 12.5. The number of aromatic nitrogens is 3. The Labute approximate surface area is 155 Å². The Bertz CT molecular complexity index is 924. The molecule has 0 spiro atoms. The summed E-state index contributed by atoms with van der Waals surface area (Å²) in [5, 5.41) is 4.51. The summed E-state index contributed by atoms with van der Waals surface area (Å²) in [6.07, 6.45) is 3.14. The number of carbonyl (C=O) groups is 1. The van der Waals surface area contributed by atoms with Crippen LogP contribution in [0.15, 0.2) is 36.5 Å². The smallest absolute Gasteiger partial charge is 0.358 e. The van der Waals surface area contributed by atoms with E-state index >= 15 is 0 Å². The number of hydrogen-bond donors (Lipinski definition) is 0. The number of nitrogens with zero attached hydrogens (tertiary/aromatic N) is 3. The highest BCUT2D eigenvalue weighted by Gasteiger charge is 2.18. The van der Waals surface area contributed by atoms with Crippen molar-refractivity contribution in [3.05, 3.63) is 64.3 Å². The first kappa shape index (κ1) is 18.3. The summed E-state index contributed by atoms with van der Waals surface area (Å²) < 4.78 is 19.5. The van der Waals surface area contributed by atoms with Gasteiger partial charge in [0.1, 0.15) is 11.0 Å². The number of aryl methyl sites for hydroxylation is 1. The molecule has 0 aliphatic carbocycles. The molecule has 1 aromatic carbocycles. The number of fused-ring (bicyclic) bond motifs is 1. The lowest BCUT2D eigenvalue weighted by Gasteiger charge is -2.13. The molecule has 0 N–H and O–H groups in total. The average molecular weight is 376 g/mol. The molecule has 3 aromatic rings. The Morgan fingerprint density at radius 2 is 2.08 bits per heavy atom. The van der Waals surface area contributed by atoms with Gasteiger partial charge in [-0.25, -0.2) is 18.7 Å². The van der Waals surface area contributed by atoms with Gasteiger partial charge in [-0.15, -0.1) is 0 Å². The zero-order valence-corrected chi connectivity index (χ0v) is 15.3. The summed E-state index contributed by atoms with van der Waals surface area (Å²) in [5.41, 5.74) is 2.75. The number of imidazole rings is 1.